The molecule has 2 heterocycles. The molecule has 0 aliphatic rings. The Morgan fingerprint density at radius 3 is 2.03 bits per heavy atom. The number of hydrogen-bond donors (Lipinski definition) is 0. The zero-order chi connectivity index (χ0) is 25.4. The van der Waals surface area contributed by atoms with Gasteiger partial charge < -0.3 is 4.90 Å². The van der Waals surface area contributed by atoms with Gasteiger partial charge >= 0.3 is 18.5 Å². The van der Waals surface area contributed by atoms with Gasteiger partial charge in [-0.25, -0.2) is 13.5 Å². The summed E-state index contributed by atoms with van der Waals surface area (Å²) in [7, 11) is 0. The van der Waals surface area contributed by atoms with Crippen molar-refractivity contribution < 1.29 is 53.1 Å². The molecule has 1 amide bonds. The average molecular weight is 498 g/mol. The van der Waals surface area contributed by atoms with Crippen molar-refractivity contribution >= 4 is 11.6 Å². The maximum Gasteiger partial charge on any atom is 0.437 e. The van der Waals surface area contributed by atoms with Crippen molar-refractivity contribution in [1.82, 2.24) is 14.8 Å². The van der Waals surface area contributed by atoms with E-state index in [0.29, 0.717) is 10.9 Å². The van der Waals surface area contributed by atoms with E-state index in [2.05, 4.69) is 10.1 Å². The van der Waals surface area contributed by atoms with Crippen molar-refractivity contribution in [3.8, 4) is 5.69 Å². The lowest BCUT2D eigenvalue weighted by atomic mass is 9.97. The fraction of sp³-hybridized carbons (Fsp3) is 0.471. The second-order valence-corrected chi connectivity index (χ2v) is 6.60. The number of rotatable bonds is 6. The van der Waals surface area contributed by atoms with Gasteiger partial charge in [-0.3, -0.25) is 9.78 Å². The van der Waals surface area contributed by atoms with Crippen LogP contribution in [-0.2, 0) is 11.0 Å². The zero-order valence-electron chi connectivity index (χ0n) is 16.3. The standard InChI is InChI=1S/C17H13F11N4O/c1-2-31(12(33)3-4-14(19,16(23,24)25)17(26,27)28)11-8-32(30-13(11)15(20,21)22)10-5-9(18)6-29-7-10/h5-8H,2-4H2,1H3. The van der Waals surface area contributed by atoms with E-state index < -0.39 is 66.7 Å². The molecule has 5 nitrogen and oxygen atoms in total. The summed E-state index contributed by atoms with van der Waals surface area (Å²) in [5, 5.41) is 3.19. The lowest BCUT2D eigenvalue weighted by Crippen LogP contribution is -2.53. The quantitative estimate of drug-likeness (QED) is 0.502. The van der Waals surface area contributed by atoms with Crippen LogP contribution >= 0.6 is 0 Å². The number of amides is 1. The van der Waals surface area contributed by atoms with Crippen LogP contribution in [-0.4, -0.2) is 45.2 Å². The largest absolute Gasteiger partial charge is 0.437 e. The summed E-state index contributed by atoms with van der Waals surface area (Å²) in [6.45, 7) is 0.432. The summed E-state index contributed by atoms with van der Waals surface area (Å²) >= 11 is 0. The number of nitrogens with zero attached hydrogens (tertiary/aromatic N) is 4. The van der Waals surface area contributed by atoms with E-state index in [4.69, 9.17) is 0 Å². The number of pyridine rings is 1. The molecule has 0 fully saturated rings. The highest BCUT2D eigenvalue weighted by Gasteiger charge is 2.72. The molecule has 0 atom stereocenters. The second-order valence-electron chi connectivity index (χ2n) is 6.60. The first-order valence-electron chi connectivity index (χ1n) is 8.83. The van der Waals surface area contributed by atoms with Gasteiger partial charge in [-0.2, -0.15) is 44.6 Å². The van der Waals surface area contributed by atoms with E-state index in [9.17, 15) is 53.1 Å². The highest BCUT2D eigenvalue weighted by atomic mass is 19.4. The number of aromatic nitrogens is 3. The number of carbonyl (C=O) groups excluding carboxylic acids is 1. The zero-order valence-corrected chi connectivity index (χ0v) is 16.3. The Balaban J connectivity index is 2.44. The van der Waals surface area contributed by atoms with Crippen molar-refractivity contribution in [2.75, 3.05) is 11.4 Å². The first-order valence-corrected chi connectivity index (χ1v) is 8.83. The van der Waals surface area contributed by atoms with Crippen LogP contribution in [0.4, 0.5) is 54.0 Å². The van der Waals surface area contributed by atoms with Gasteiger partial charge in [0.2, 0.25) is 5.91 Å². The van der Waals surface area contributed by atoms with Gasteiger partial charge in [-0.15, -0.1) is 0 Å². The van der Waals surface area contributed by atoms with Crippen LogP contribution in [0.3, 0.4) is 0 Å². The third kappa shape index (κ3) is 5.35. The molecule has 16 heteroatoms. The van der Waals surface area contributed by atoms with Crippen LogP contribution in [0.25, 0.3) is 5.69 Å². The molecule has 0 aromatic carbocycles. The second kappa shape index (κ2) is 8.78. The maximum atomic E-state index is 13.8. The molecule has 0 radical (unpaired) electrons. The molecular formula is C17H13F11N4O. The fourth-order valence-corrected chi connectivity index (χ4v) is 2.76. The molecule has 184 valence electrons. The minimum Gasteiger partial charge on any atom is -0.309 e. The first-order chi connectivity index (χ1) is 14.9. The molecule has 0 saturated heterocycles. The van der Waals surface area contributed by atoms with Gasteiger partial charge in [0, 0.05) is 25.5 Å². The Bertz CT molecular complexity index is 980. The Morgan fingerprint density at radius 1 is 1.00 bits per heavy atom. The topological polar surface area (TPSA) is 51.0 Å². The number of anilines is 1. The number of hydrogen-bond acceptors (Lipinski definition) is 3. The number of alkyl halides is 10. The van der Waals surface area contributed by atoms with Crippen LogP contribution in [0.2, 0.25) is 0 Å². The number of carbonyl (C=O) groups is 1. The molecule has 2 aromatic rings. The summed E-state index contributed by atoms with van der Waals surface area (Å²) in [6.07, 6.45) is -20.0. The molecule has 2 rings (SSSR count). The molecule has 0 saturated carbocycles. The monoisotopic (exact) mass is 498 g/mol. The molecule has 0 aliphatic heterocycles. The Kier molecular flexibility index (Phi) is 7.00. The summed E-state index contributed by atoms with van der Waals surface area (Å²) in [6, 6.07) is 0.728. The van der Waals surface area contributed by atoms with Crippen molar-refractivity contribution in [2.45, 2.75) is 44.0 Å². The SMILES string of the molecule is CCN(C(=O)CCC(F)(C(F)(F)F)C(F)(F)F)c1cn(-c2cncc(F)c2)nc1C(F)(F)F. The van der Waals surface area contributed by atoms with Gasteiger partial charge in [-0.05, 0) is 6.92 Å². The van der Waals surface area contributed by atoms with Gasteiger partial charge in [0.1, 0.15) is 5.82 Å². The predicted molar refractivity (Wildman–Crippen MR) is 89.5 cm³/mol. The van der Waals surface area contributed by atoms with E-state index in [1.54, 1.807) is 0 Å². The van der Waals surface area contributed by atoms with Crippen LogP contribution in [0.1, 0.15) is 25.5 Å². The van der Waals surface area contributed by atoms with E-state index in [1.807, 2.05) is 0 Å². The number of halogens is 11. The van der Waals surface area contributed by atoms with Gasteiger partial charge in [0.05, 0.1) is 30.0 Å². The Morgan fingerprint density at radius 2 is 1.58 bits per heavy atom. The molecule has 33 heavy (non-hydrogen) atoms. The summed E-state index contributed by atoms with van der Waals surface area (Å²) in [4.78, 5) is 15.9. The highest BCUT2D eigenvalue weighted by Crippen LogP contribution is 2.49. The summed E-state index contributed by atoms with van der Waals surface area (Å²) < 4.78 is 144. The smallest absolute Gasteiger partial charge is 0.309 e. The molecule has 0 bridgehead atoms. The van der Waals surface area contributed by atoms with E-state index >= 15 is 0 Å². The van der Waals surface area contributed by atoms with Crippen molar-refractivity contribution in [3.63, 3.8) is 0 Å². The molecule has 2 aromatic heterocycles. The van der Waals surface area contributed by atoms with Crippen molar-refractivity contribution in [2.24, 2.45) is 0 Å². The van der Waals surface area contributed by atoms with E-state index in [1.165, 1.54) is 0 Å². The van der Waals surface area contributed by atoms with Crippen molar-refractivity contribution in [3.05, 3.63) is 36.2 Å². The average Bonchev–Trinajstić information content (AvgIpc) is 3.10. The fourth-order valence-electron chi connectivity index (χ4n) is 2.76. The lowest BCUT2D eigenvalue weighted by Gasteiger charge is -2.30. The summed E-state index contributed by atoms with van der Waals surface area (Å²) in [5.41, 5.74) is -8.85. The molecule has 0 N–H and O–H groups in total. The van der Waals surface area contributed by atoms with E-state index in [0.717, 1.165) is 25.4 Å². The normalized spacial score (nSPS) is 13.3. The van der Waals surface area contributed by atoms with E-state index in [-0.39, 0.29) is 10.6 Å². The van der Waals surface area contributed by atoms with Gasteiger partial charge in [-0.1, -0.05) is 0 Å². The first kappa shape index (κ1) is 26.3. The van der Waals surface area contributed by atoms with Gasteiger partial charge in [0.25, 0.3) is 5.67 Å². The van der Waals surface area contributed by atoms with Crippen LogP contribution in [0.15, 0.2) is 24.7 Å². The Labute approximate surface area is 177 Å². The predicted octanol–water partition coefficient (Wildman–Crippen LogP) is 5.39. The Hall–Kier alpha value is -2.94. The minimum atomic E-state index is -6.42. The third-order valence-electron chi connectivity index (χ3n) is 4.41. The lowest BCUT2D eigenvalue weighted by molar-refractivity contribution is -0.342. The molecular weight excluding hydrogens is 485 g/mol. The molecule has 0 unspecified atom stereocenters. The van der Waals surface area contributed by atoms with Crippen LogP contribution in [0.5, 0.6) is 0 Å². The summed E-state index contributed by atoms with van der Waals surface area (Å²) in [5.74, 6) is -2.62. The van der Waals surface area contributed by atoms with Crippen LogP contribution in [0, 0.1) is 5.82 Å². The third-order valence-corrected chi connectivity index (χ3v) is 4.41. The van der Waals surface area contributed by atoms with Crippen molar-refractivity contribution in [1.29, 1.82) is 0 Å². The molecule has 0 aliphatic carbocycles. The minimum absolute atomic E-state index is 0.201. The molecule has 0 spiro atoms. The van der Waals surface area contributed by atoms with Gasteiger partial charge in [0.15, 0.2) is 5.69 Å². The van der Waals surface area contributed by atoms with Crippen LogP contribution < -0.4 is 4.90 Å². The highest BCUT2D eigenvalue weighted by molar-refractivity contribution is 5.94. The maximum absolute atomic E-state index is 13.8.